The summed E-state index contributed by atoms with van der Waals surface area (Å²) in [5.41, 5.74) is 4.08. The maximum atomic E-state index is 12.2. The highest BCUT2D eigenvalue weighted by Crippen LogP contribution is 2.31. The first-order chi connectivity index (χ1) is 14.1. The molecule has 0 saturated heterocycles. The third kappa shape index (κ3) is 4.57. The van der Waals surface area contributed by atoms with Crippen molar-refractivity contribution in [3.05, 3.63) is 54.4 Å². The van der Waals surface area contributed by atoms with Gasteiger partial charge in [-0.1, -0.05) is 30.3 Å². The number of hydrogen-bond donors (Lipinski definition) is 2. The number of aromatic nitrogens is 2. The lowest BCUT2D eigenvalue weighted by Gasteiger charge is -2.10. The molecule has 3 aromatic rings. The number of fused-ring (bicyclic) bond motifs is 1. The fourth-order valence-corrected chi connectivity index (χ4v) is 4.81. The Kier molecular flexibility index (Phi) is 4.72. The molecule has 1 aromatic heterocycles. The Labute approximate surface area is 170 Å². The van der Waals surface area contributed by atoms with E-state index in [0.29, 0.717) is 12.5 Å². The van der Waals surface area contributed by atoms with E-state index in [1.807, 2.05) is 18.2 Å². The lowest BCUT2D eigenvalue weighted by atomic mass is 10.0. The van der Waals surface area contributed by atoms with E-state index in [2.05, 4.69) is 44.3 Å². The van der Waals surface area contributed by atoms with Crippen molar-refractivity contribution in [1.29, 1.82) is 0 Å². The molecule has 2 aliphatic rings. The molecular formula is C22H24N4O2S. The van der Waals surface area contributed by atoms with Gasteiger partial charge in [-0.2, -0.15) is 0 Å². The van der Waals surface area contributed by atoms with Crippen molar-refractivity contribution in [2.75, 3.05) is 11.1 Å². The van der Waals surface area contributed by atoms with Crippen LogP contribution in [-0.4, -0.2) is 36.2 Å². The number of nitrogens with zero attached hydrogens (tertiary/aromatic N) is 2. The Hall–Kier alpha value is -2.51. The molecule has 2 aromatic carbocycles. The predicted octanol–water partition coefficient (Wildman–Crippen LogP) is 3.50. The minimum absolute atomic E-state index is 0.119. The van der Waals surface area contributed by atoms with Crippen LogP contribution in [-0.2, 0) is 16.4 Å². The Bertz CT molecular complexity index is 1150. The summed E-state index contributed by atoms with van der Waals surface area (Å²) in [6.45, 7) is 0. The van der Waals surface area contributed by atoms with E-state index in [1.54, 1.807) is 6.33 Å². The summed E-state index contributed by atoms with van der Waals surface area (Å²) in [6.07, 6.45) is 6.39. The van der Waals surface area contributed by atoms with Crippen LogP contribution in [0.15, 0.2) is 48.8 Å². The summed E-state index contributed by atoms with van der Waals surface area (Å²) < 4.78 is 27.1. The Morgan fingerprint density at radius 2 is 1.72 bits per heavy atom. The van der Waals surface area contributed by atoms with Crippen molar-refractivity contribution >= 4 is 26.7 Å². The van der Waals surface area contributed by atoms with Crippen LogP contribution in [0.4, 0.5) is 5.82 Å². The molecular weight excluding hydrogens is 384 g/mol. The average molecular weight is 409 g/mol. The highest BCUT2D eigenvalue weighted by atomic mass is 32.2. The van der Waals surface area contributed by atoms with E-state index in [4.69, 9.17) is 0 Å². The van der Waals surface area contributed by atoms with Gasteiger partial charge in [0.2, 0.25) is 10.0 Å². The van der Waals surface area contributed by atoms with Gasteiger partial charge in [0, 0.05) is 17.5 Å². The monoisotopic (exact) mass is 408 g/mol. The lowest BCUT2D eigenvalue weighted by Crippen LogP contribution is -2.29. The second-order valence-corrected chi connectivity index (χ2v) is 9.91. The van der Waals surface area contributed by atoms with Crippen molar-refractivity contribution in [3.63, 3.8) is 0 Å². The van der Waals surface area contributed by atoms with E-state index in [1.165, 1.54) is 12.8 Å². The molecule has 0 amide bonds. The highest BCUT2D eigenvalue weighted by molar-refractivity contribution is 7.89. The molecule has 0 aliphatic heterocycles. The molecule has 5 rings (SSSR count). The standard InChI is InChI=1S/C22H24N4O2S/c27-29(28,26-19-7-8-19)11-10-15-2-1-3-16(12-15)17-4-9-21-20(13-17)22(24-14-23-21)25-18-5-6-18/h1-4,9,12-14,18-19,26H,5-8,10-11H2,(H,23,24,25). The summed E-state index contributed by atoms with van der Waals surface area (Å²) in [5.74, 6) is 1.00. The quantitative estimate of drug-likeness (QED) is 0.596. The van der Waals surface area contributed by atoms with Gasteiger partial charge in [0.25, 0.3) is 0 Å². The van der Waals surface area contributed by atoms with Gasteiger partial charge < -0.3 is 5.32 Å². The molecule has 0 spiro atoms. The predicted molar refractivity (Wildman–Crippen MR) is 115 cm³/mol. The van der Waals surface area contributed by atoms with Gasteiger partial charge in [-0.3, -0.25) is 0 Å². The molecule has 2 fully saturated rings. The zero-order valence-electron chi connectivity index (χ0n) is 16.1. The van der Waals surface area contributed by atoms with Crippen LogP contribution < -0.4 is 10.0 Å². The SMILES string of the molecule is O=S(=O)(CCc1cccc(-c2ccc3ncnc(NC4CC4)c3c2)c1)NC1CC1. The summed E-state index contributed by atoms with van der Waals surface area (Å²) in [5, 5.41) is 4.49. The van der Waals surface area contributed by atoms with Crippen molar-refractivity contribution in [3.8, 4) is 11.1 Å². The summed E-state index contributed by atoms with van der Waals surface area (Å²) in [7, 11) is -3.21. The van der Waals surface area contributed by atoms with Crippen molar-refractivity contribution in [2.24, 2.45) is 0 Å². The molecule has 2 N–H and O–H groups in total. The van der Waals surface area contributed by atoms with Crippen LogP contribution in [0.2, 0.25) is 0 Å². The lowest BCUT2D eigenvalue weighted by molar-refractivity contribution is 0.580. The minimum atomic E-state index is -3.21. The van der Waals surface area contributed by atoms with Crippen molar-refractivity contribution in [1.82, 2.24) is 14.7 Å². The second kappa shape index (κ2) is 7.39. The van der Waals surface area contributed by atoms with E-state index in [0.717, 1.165) is 46.3 Å². The van der Waals surface area contributed by atoms with Crippen LogP contribution >= 0.6 is 0 Å². The maximum Gasteiger partial charge on any atom is 0.212 e. The first-order valence-electron chi connectivity index (χ1n) is 10.2. The second-order valence-electron chi connectivity index (χ2n) is 8.03. The number of aryl methyl sites for hydroxylation is 1. The van der Waals surface area contributed by atoms with Crippen LogP contribution in [0.3, 0.4) is 0 Å². The summed E-state index contributed by atoms with van der Waals surface area (Å²) in [6, 6.07) is 15.0. The zero-order valence-corrected chi connectivity index (χ0v) is 17.0. The molecule has 150 valence electrons. The summed E-state index contributed by atoms with van der Waals surface area (Å²) >= 11 is 0. The number of nitrogens with one attached hydrogen (secondary N) is 2. The molecule has 0 unspecified atom stereocenters. The van der Waals surface area contributed by atoms with Gasteiger partial charge in [-0.05, 0) is 60.9 Å². The third-order valence-corrected chi connectivity index (χ3v) is 6.83. The first-order valence-corrected chi connectivity index (χ1v) is 11.8. The van der Waals surface area contributed by atoms with Gasteiger partial charge in [-0.15, -0.1) is 0 Å². The first kappa shape index (κ1) is 18.5. The molecule has 1 heterocycles. The zero-order chi connectivity index (χ0) is 19.8. The molecule has 0 bridgehead atoms. The van der Waals surface area contributed by atoms with E-state index in [-0.39, 0.29) is 11.8 Å². The van der Waals surface area contributed by atoms with Gasteiger partial charge in [0.1, 0.15) is 12.1 Å². The van der Waals surface area contributed by atoms with Gasteiger partial charge in [0.05, 0.1) is 11.3 Å². The fraction of sp³-hybridized carbons (Fsp3) is 0.364. The van der Waals surface area contributed by atoms with E-state index < -0.39 is 10.0 Å². The molecule has 7 heteroatoms. The van der Waals surface area contributed by atoms with Crippen LogP contribution in [0.1, 0.15) is 31.2 Å². The van der Waals surface area contributed by atoms with Crippen LogP contribution in [0, 0.1) is 0 Å². The number of sulfonamides is 1. The van der Waals surface area contributed by atoms with Gasteiger partial charge in [0.15, 0.2) is 0 Å². The Morgan fingerprint density at radius 3 is 2.52 bits per heavy atom. The molecule has 2 aliphatic carbocycles. The summed E-state index contributed by atoms with van der Waals surface area (Å²) in [4.78, 5) is 8.81. The molecule has 2 saturated carbocycles. The average Bonchev–Trinajstić information content (AvgIpc) is 3.64. The number of anilines is 1. The molecule has 29 heavy (non-hydrogen) atoms. The normalized spacial score (nSPS) is 16.8. The fourth-order valence-electron chi connectivity index (χ4n) is 3.44. The minimum Gasteiger partial charge on any atom is -0.367 e. The van der Waals surface area contributed by atoms with Crippen LogP contribution in [0.25, 0.3) is 22.0 Å². The molecule has 6 nitrogen and oxygen atoms in total. The van der Waals surface area contributed by atoms with Crippen molar-refractivity contribution in [2.45, 2.75) is 44.2 Å². The molecule has 0 atom stereocenters. The smallest absolute Gasteiger partial charge is 0.212 e. The maximum absolute atomic E-state index is 12.2. The van der Waals surface area contributed by atoms with Crippen molar-refractivity contribution < 1.29 is 8.42 Å². The van der Waals surface area contributed by atoms with E-state index in [9.17, 15) is 8.42 Å². The van der Waals surface area contributed by atoms with Gasteiger partial charge >= 0.3 is 0 Å². The third-order valence-electron chi connectivity index (χ3n) is 5.40. The molecule has 0 radical (unpaired) electrons. The number of benzene rings is 2. The highest BCUT2D eigenvalue weighted by Gasteiger charge is 2.26. The van der Waals surface area contributed by atoms with E-state index >= 15 is 0 Å². The van der Waals surface area contributed by atoms with Crippen LogP contribution in [0.5, 0.6) is 0 Å². The number of hydrogen-bond acceptors (Lipinski definition) is 5. The van der Waals surface area contributed by atoms with Gasteiger partial charge in [-0.25, -0.2) is 23.1 Å². The Morgan fingerprint density at radius 1 is 0.931 bits per heavy atom. The largest absolute Gasteiger partial charge is 0.367 e. The topological polar surface area (TPSA) is 84.0 Å². The Balaban J connectivity index is 1.38. The number of rotatable bonds is 8.